The summed E-state index contributed by atoms with van der Waals surface area (Å²) in [7, 11) is 1.34. The Bertz CT molecular complexity index is 650. The summed E-state index contributed by atoms with van der Waals surface area (Å²) in [4.78, 5) is 11.6. The van der Waals surface area contributed by atoms with Crippen LogP contribution in [0.5, 0.6) is 11.5 Å². The summed E-state index contributed by atoms with van der Waals surface area (Å²) in [6, 6.07) is 12.6. The summed E-state index contributed by atoms with van der Waals surface area (Å²) in [5, 5.41) is 0. The highest BCUT2D eigenvalue weighted by Crippen LogP contribution is 2.33. The molecule has 110 valence electrons. The molecule has 2 N–H and O–H groups in total. The van der Waals surface area contributed by atoms with Crippen molar-refractivity contribution in [3.05, 3.63) is 53.6 Å². The molecule has 2 aromatic carbocycles. The van der Waals surface area contributed by atoms with Crippen molar-refractivity contribution in [1.82, 2.24) is 0 Å². The van der Waals surface area contributed by atoms with E-state index in [4.69, 9.17) is 15.2 Å². The summed E-state index contributed by atoms with van der Waals surface area (Å²) >= 11 is 0. The number of anilines is 1. The molecule has 2 rings (SSSR count). The topological polar surface area (TPSA) is 61.5 Å². The Hall–Kier alpha value is -2.49. The van der Waals surface area contributed by atoms with Gasteiger partial charge in [-0.1, -0.05) is 32.0 Å². The summed E-state index contributed by atoms with van der Waals surface area (Å²) in [5.74, 6) is 1.09. The van der Waals surface area contributed by atoms with Crippen molar-refractivity contribution in [1.29, 1.82) is 0 Å². The van der Waals surface area contributed by atoms with E-state index in [0.717, 1.165) is 11.3 Å². The van der Waals surface area contributed by atoms with Crippen LogP contribution in [0.1, 0.15) is 35.7 Å². The van der Waals surface area contributed by atoms with E-state index in [1.165, 1.54) is 7.11 Å². The summed E-state index contributed by atoms with van der Waals surface area (Å²) < 4.78 is 10.6. The van der Waals surface area contributed by atoms with Crippen LogP contribution in [-0.2, 0) is 4.74 Å². The molecule has 0 radical (unpaired) electrons. The zero-order chi connectivity index (χ0) is 15.4. The van der Waals surface area contributed by atoms with Gasteiger partial charge in [-0.3, -0.25) is 0 Å². The van der Waals surface area contributed by atoms with Crippen molar-refractivity contribution in [3.8, 4) is 11.5 Å². The number of esters is 1. The molecule has 0 heterocycles. The standard InChI is InChI=1S/C17H19NO3/c1-11(2)13-6-4-5-7-15(13)21-16-10-12(17(19)20-3)8-9-14(16)18/h4-11H,18H2,1-3H3. The van der Waals surface area contributed by atoms with Crippen LogP contribution in [0.3, 0.4) is 0 Å². The van der Waals surface area contributed by atoms with Gasteiger partial charge in [0.05, 0.1) is 18.4 Å². The van der Waals surface area contributed by atoms with Gasteiger partial charge in [-0.05, 0) is 35.7 Å². The highest BCUT2D eigenvalue weighted by Gasteiger charge is 2.12. The molecular formula is C17H19NO3. The maximum absolute atomic E-state index is 11.6. The van der Waals surface area contributed by atoms with Crippen molar-refractivity contribution < 1.29 is 14.3 Å². The molecule has 21 heavy (non-hydrogen) atoms. The second kappa shape index (κ2) is 6.31. The largest absolute Gasteiger partial charge is 0.465 e. The molecule has 2 aromatic rings. The van der Waals surface area contributed by atoms with Crippen molar-refractivity contribution in [2.24, 2.45) is 0 Å². The number of nitrogen functional groups attached to an aromatic ring is 1. The molecule has 0 saturated carbocycles. The molecule has 0 aliphatic carbocycles. The Balaban J connectivity index is 2.38. The Labute approximate surface area is 124 Å². The minimum atomic E-state index is -0.419. The maximum atomic E-state index is 11.6. The quantitative estimate of drug-likeness (QED) is 0.682. The smallest absolute Gasteiger partial charge is 0.337 e. The number of hydrogen-bond acceptors (Lipinski definition) is 4. The van der Waals surface area contributed by atoms with Crippen LogP contribution >= 0.6 is 0 Å². The minimum absolute atomic E-state index is 0.325. The number of benzene rings is 2. The predicted octanol–water partition coefficient (Wildman–Crippen LogP) is 3.97. The molecule has 0 fully saturated rings. The Morgan fingerprint density at radius 2 is 1.81 bits per heavy atom. The van der Waals surface area contributed by atoms with Crippen LogP contribution in [-0.4, -0.2) is 13.1 Å². The van der Waals surface area contributed by atoms with E-state index in [0.29, 0.717) is 22.9 Å². The van der Waals surface area contributed by atoms with Crippen LogP contribution in [0.2, 0.25) is 0 Å². The maximum Gasteiger partial charge on any atom is 0.337 e. The van der Waals surface area contributed by atoms with Gasteiger partial charge in [-0.25, -0.2) is 4.79 Å². The third kappa shape index (κ3) is 3.34. The molecule has 0 unspecified atom stereocenters. The van der Waals surface area contributed by atoms with Gasteiger partial charge < -0.3 is 15.2 Å². The number of ether oxygens (including phenoxy) is 2. The number of nitrogens with two attached hydrogens (primary N) is 1. The summed E-state index contributed by atoms with van der Waals surface area (Å²) in [6.07, 6.45) is 0. The molecule has 0 atom stereocenters. The molecule has 0 aromatic heterocycles. The van der Waals surface area contributed by atoms with Crippen molar-refractivity contribution in [2.45, 2.75) is 19.8 Å². The van der Waals surface area contributed by atoms with Gasteiger partial charge in [-0.15, -0.1) is 0 Å². The fraction of sp³-hybridized carbons (Fsp3) is 0.235. The first-order valence-electron chi connectivity index (χ1n) is 6.77. The lowest BCUT2D eigenvalue weighted by atomic mass is 10.0. The molecule has 0 saturated heterocycles. The van der Waals surface area contributed by atoms with Crippen LogP contribution in [0.4, 0.5) is 5.69 Å². The van der Waals surface area contributed by atoms with Gasteiger partial charge in [0.15, 0.2) is 5.75 Å². The number of rotatable bonds is 4. The number of para-hydroxylation sites is 1. The van der Waals surface area contributed by atoms with Gasteiger partial charge in [0.1, 0.15) is 5.75 Å². The third-order valence-corrected chi connectivity index (χ3v) is 3.20. The van der Waals surface area contributed by atoms with Crippen molar-refractivity contribution in [2.75, 3.05) is 12.8 Å². The van der Waals surface area contributed by atoms with E-state index in [9.17, 15) is 4.79 Å². The molecule has 4 nitrogen and oxygen atoms in total. The molecule has 4 heteroatoms. The lowest BCUT2D eigenvalue weighted by molar-refractivity contribution is 0.0600. The fourth-order valence-electron chi connectivity index (χ4n) is 2.04. The molecule has 0 bridgehead atoms. The fourth-order valence-corrected chi connectivity index (χ4v) is 2.04. The molecule has 0 amide bonds. The zero-order valence-corrected chi connectivity index (χ0v) is 12.4. The number of carbonyl (C=O) groups excluding carboxylic acids is 1. The van der Waals surface area contributed by atoms with Gasteiger partial charge in [0.2, 0.25) is 0 Å². The van der Waals surface area contributed by atoms with E-state index < -0.39 is 5.97 Å². The highest BCUT2D eigenvalue weighted by molar-refractivity contribution is 5.90. The van der Waals surface area contributed by atoms with Crippen LogP contribution < -0.4 is 10.5 Å². The van der Waals surface area contributed by atoms with Gasteiger partial charge in [0.25, 0.3) is 0 Å². The van der Waals surface area contributed by atoms with E-state index in [1.54, 1.807) is 18.2 Å². The van der Waals surface area contributed by atoms with E-state index in [-0.39, 0.29) is 0 Å². The zero-order valence-electron chi connectivity index (χ0n) is 12.4. The number of carbonyl (C=O) groups is 1. The predicted molar refractivity (Wildman–Crippen MR) is 82.8 cm³/mol. The van der Waals surface area contributed by atoms with E-state index >= 15 is 0 Å². The Kier molecular flexibility index (Phi) is 4.48. The van der Waals surface area contributed by atoms with Crippen LogP contribution in [0.25, 0.3) is 0 Å². The van der Waals surface area contributed by atoms with Gasteiger partial charge in [0, 0.05) is 0 Å². The first kappa shape index (κ1) is 14.9. The normalized spacial score (nSPS) is 10.5. The van der Waals surface area contributed by atoms with E-state index in [2.05, 4.69) is 13.8 Å². The summed E-state index contributed by atoms with van der Waals surface area (Å²) in [5.41, 5.74) is 7.89. The second-order valence-corrected chi connectivity index (χ2v) is 5.04. The SMILES string of the molecule is COC(=O)c1ccc(N)c(Oc2ccccc2C(C)C)c1. The highest BCUT2D eigenvalue weighted by atomic mass is 16.5. The second-order valence-electron chi connectivity index (χ2n) is 5.04. The van der Waals surface area contributed by atoms with Gasteiger partial charge in [-0.2, -0.15) is 0 Å². The van der Waals surface area contributed by atoms with Gasteiger partial charge >= 0.3 is 5.97 Å². The lowest BCUT2D eigenvalue weighted by Crippen LogP contribution is -2.03. The van der Waals surface area contributed by atoms with Crippen LogP contribution in [0.15, 0.2) is 42.5 Å². The van der Waals surface area contributed by atoms with Crippen molar-refractivity contribution >= 4 is 11.7 Å². The lowest BCUT2D eigenvalue weighted by Gasteiger charge is -2.15. The molecule has 0 spiro atoms. The Morgan fingerprint density at radius 3 is 2.48 bits per heavy atom. The minimum Gasteiger partial charge on any atom is -0.465 e. The first-order valence-corrected chi connectivity index (χ1v) is 6.77. The third-order valence-electron chi connectivity index (χ3n) is 3.20. The summed E-state index contributed by atoms with van der Waals surface area (Å²) in [6.45, 7) is 4.19. The van der Waals surface area contributed by atoms with Crippen molar-refractivity contribution in [3.63, 3.8) is 0 Å². The average Bonchev–Trinajstić information content (AvgIpc) is 2.49. The monoisotopic (exact) mass is 285 g/mol. The number of methoxy groups -OCH3 is 1. The van der Waals surface area contributed by atoms with E-state index in [1.807, 2.05) is 24.3 Å². The first-order chi connectivity index (χ1) is 10.0. The average molecular weight is 285 g/mol. The van der Waals surface area contributed by atoms with Crippen LogP contribution in [0, 0.1) is 0 Å². The molecule has 0 aliphatic rings. The Morgan fingerprint density at radius 1 is 1.10 bits per heavy atom. The molecular weight excluding hydrogens is 266 g/mol. The molecule has 0 aliphatic heterocycles. The number of hydrogen-bond donors (Lipinski definition) is 1.